The predicted octanol–water partition coefficient (Wildman–Crippen LogP) is 5.43. The number of aliphatic imine (C=N–C) groups is 1. The van der Waals surface area contributed by atoms with Gasteiger partial charge in [0.2, 0.25) is 0 Å². The van der Waals surface area contributed by atoms with E-state index in [1.807, 2.05) is 0 Å². The predicted molar refractivity (Wildman–Crippen MR) is 110 cm³/mol. The molecule has 2 aromatic heterocycles. The number of nitro benzene ring substituents is 1. The van der Waals surface area contributed by atoms with Crippen LogP contribution in [0.1, 0.15) is 34.6 Å². The second-order valence-corrected chi connectivity index (χ2v) is 7.69. The third-order valence-corrected chi connectivity index (χ3v) is 6.07. The molecule has 3 aromatic rings. The minimum Gasteiger partial charge on any atom is -0.497 e. The van der Waals surface area contributed by atoms with Crippen LogP contribution in [0.2, 0.25) is 0 Å². The second-order valence-electron chi connectivity index (χ2n) is 6.60. The first kappa shape index (κ1) is 18.9. The first-order valence-electron chi connectivity index (χ1n) is 9.12. The third kappa shape index (κ3) is 3.65. The molecule has 2 heterocycles. The lowest BCUT2D eigenvalue weighted by atomic mass is 9.96. The van der Waals surface area contributed by atoms with Gasteiger partial charge in [0.05, 0.1) is 35.4 Å². The minimum atomic E-state index is -0.469. The van der Waals surface area contributed by atoms with Gasteiger partial charge in [-0.2, -0.15) is 5.26 Å². The zero-order valence-electron chi connectivity index (χ0n) is 15.7. The Morgan fingerprint density at radius 2 is 2.14 bits per heavy atom. The van der Waals surface area contributed by atoms with Crippen molar-refractivity contribution >= 4 is 28.2 Å². The van der Waals surface area contributed by atoms with E-state index in [1.54, 1.807) is 41.8 Å². The standard InChI is InChI=1S/C21H17N3O4S/c1-27-13-6-8-16(18(10-13)24(25)26)19-9-7-14(28-19)12-23-21-17(11-22)15-4-2-3-5-20(15)29-21/h6-10,12H,2-5H2,1H3. The van der Waals surface area contributed by atoms with Crippen LogP contribution in [0.5, 0.6) is 5.75 Å². The molecule has 8 heteroatoms. The SMILES string of the molecule is COc1ccc(-c2ccc(C=Nc3sc4c(c3C#N)CCCC4)o2)c([N+](=O)[O-])c1. The van der Waals surface area contributed by atoms with Crippen LogP contribution in [0.25, 0.3) is 11.3 Å². The van der Waals surface area contributed by atoms with E-state index < -0.39 is 4.92 Å². The summed E-state index contributed by atoms with van der Waals surface area (Å²) in [7, 11) is 1.46. The van der Waals surface area contributed by atoms with Gasteiger partial charge in [-0.1, -0.05) is 0 Å². The fraction of sp³-hybridized carbons (Fsp3) is 0.238. The van der Waals surface area contributed by atoms with Crippen LogP contribution in [-0.4, -0.2) is 18.2 Å². The van der Waals surface area contributed by atoms with E-state index in [0.717, 1.165) is 31.2 Å². The van der Waals surface area contributed by atoms with Gasteiger partial charge in [0.15, 0.2) is 0 Å². The van der Waals surface area contributed by atoms with Crippen molar-refractivity contribution in [2.45, 2.75) is 25.7 Å². The molecule has 29 heavy (non-hydrogen) atoms. The molecule has 0 aliphatic heterocycles. The number of aryl methyl sites for hydroxylation is 1. The number of benzene rings is 1. The van der Waals surface area contributed by atoms with E-state index in [0.29, 0.717) is 33.4 Å². The molecule has 1 aliphatic carbocycles. The van der Waals surface area contributed by atoms with Crippen LogP contribution in [0.15, 0.2) is 39.7 Å². The molecule has 0 atom stereocenters. The molecule has 0 saturated carbocycles. The molecular formula is C21H17N3O4S. The Morgan fingerprint density at radius 3 is 2.90 bits per heavy atom. The molecule has 0 bridgehead atoms. The van der Waals surface area contributed by atoms with Gasteiger partial charge in [-0.25, -0.2) is 4.99 Å². The van der Waals surface area contributed by atoms with E-state index >= 15 is 0 Å². The number of nitrogens with zero attached hydrogens (tertiary/aromatic N) is 3. The molecule has 0 spiro atoms. The number of thiophene rings is 1. The van der Waals surface area contributed by atoms with Gasteiger partial charge in [-0.05, 0) is 55.5 Å². The van der Waals surface area contributed by atoms with Crippen molar-refractivity contribution in [3.63, 3.8) is 0 Å². The number of ether oxygens (including phenoxy) is 1. The van der Waals surface area contributed by atoms with Crippen molar-refractivity contribution in [1.82, 2.24) is 0 Å². The molecule has 146 valence electrons. The number of hydrogen-bond acceptors (Lipinski definition) is 7. The first-order valence-corrected chi connectivity index (χ1v) is 9.93. The Hall–Kier alpha value is -3.44. The molecule has 0 radical (unpaired) electrons. The zero-order valence-corrected chi connectivity index (χ0v) is 16.5. The number of nitro groups is 1. The summed E-state index contributed by atoms with van der Waals surface area (Å²) < 4.78 is 10.8. The van der Waals surface area contributed by atoms with Gasteiger partial charge in [0.25, 0.3) is 5.69 Å². The minimum absolute atomic E-state index is 0.0973. The van der Waals surface area contributed by atoms with E-state index in [-0.39, 0.29) is 5.69 Å². The molecule has 0 fully saturated rings. The third-order valence-electron chi connectivity index (χ3n) is 4.87. The topological polar surface area (TPSA) is 102 Å². The molecule has 4 rings (SSSR count). The average Bonchev–Trinajstić information content (AvgIpc) is 3.35. The van der Waals surface area contributed by atoms with Gasteiger partial charge in [-0.3, -0.25) is 10.1 Å². The lowest BCUT2D eigenvalue weighted by Crippen LogP contribution is -1.99. The maximum Gasteiger partial charge on any atom is 0.284 e. The fourth-order valence-corrected chi connectivity index (χ4v) is 4.63. The Morgan fingerprint density at radius 1 is 1.31 bits per heavy atom. The number of rotatable bonds is 5. The fourth-order valence-electron chi connectivity index (χ4n) is 3.44. The normalized spacial score (nSPS) is 13.2. The lowest BCUT2D eigenvalue weighted by Gasteiger charge is -2.09. The molecule has 7 nitrogen and oxygen atoms in total. The van der Waals surface area contributed by atoms with Crippen LogP contribution < -0.4 is 4.74 Å². The first-order chi connectivity index (χ1) is 14.1. The summed E-state index contributed by atoms with van der Waals surface area (Å²) in [6.45, 7) is 0. The van der Waals surface area contributed by atoms with Crippen LogP contribution in [0.4, 0.5) is 10.7 Å². The highest BCUT2D eigenvalue weighted by Crippen LogP contribution is 2.39. The van der Waals surface area contributed by atoms with Crippen molar-refractivity contribution in [3.8, 4) is 23.1 Å². The van der Waals surface area contributed by atoms with Crippen LogP contribution in [0.3, 0.4) is 0 Å². The summed E-state index contributed by atoms with van der Waals surface area (Å²) in [6.07, 6.45) is 5.72. The number of hydrogen-bond donors (Lipinski definition) is 0. The summed E-state index contributed by atoms with van der Waals surface area (Å²) in [5, 5.41) is 21.6. The molecule has 0 amide bonds. The molecule has 1 aromatic carbocycles. The maximum atomic E-state index is 11.4. The van der Waals surface area contributed by atoms with Gasteiger partial charge < -0.3 is 9.15 Å². The van der Waals surface area contributed by atoms with Crippen LogP contribution >= 0.6 is 11.3 Å². The van der Waals surface area contributed by atoms with Crippen LogP contribution in [0, 0.1) is 21.4 Å². The van der Waals surface area contributed by atoms with E-state index in [9.17, 15) is 15.4 Å². The second kappa shape index (κ2) is 7.89. The van der Waals surface area contributed by atoms with Crippen molar-refractivity contribution in [2.24, 2.45) is 4.99 Å². The summed E-state index contributed by atoms with van der Waals surface area (Å²) in [5.41, 5.74) is 2.04. The zero-order chi connectivity index (χ0) is 20.4. The average molecular weight is 407 g/mol. The van der Waals surface area contributed by atoms with Crippen molar-refractivity contribution < 1.29 is 14.1 Å². The van der Waals surface area contributed by atoms with Gasteiger partial charge in [-0.15, -0.1) is 11.3 Å². The summed E-state index contributed by atoms with van der Waals surface area (Å²) in [6, 6.07) is 10.3. The molecule has 0 saturated heterocycles. The van der Waals surface area contributed by atoms with Crippen molar-refractivity contribution in [3.05, 3.63) is 62.2 Å². The monoisotopic (exact) mass is 407 g/mol. The molecular weight excluding hydrogens is 390 g/mol. The Bertz CT molecular complexity index is 1150. The van der Waals surface area contributed by atoms with Gasteiger partial charge in [0.1, 0.15) is 28.3 Å². The highest BCUT2D eigenvalue weighted by atomic mass is 32.1. The smallest absolute Gasteiger partial charge is 0.284 e. The molecule has 0 N–H and O–H groups in total. The Balaban J connectivity index is 1.64. The van der Waals surface area contributed by atoms with Crippen molar-refractivity contribution in [2.75, 3.05) is 7.11 Å². The summed E-state index contributed by atoms with van der Waals surface area (Å²) in [4.78, 5) is 16.6. The Labute approximate surface area is 171 Å². The summed E-state index contributed by atoms with van der Waals surface area (Å²) in [5.74, 6) is 1.23. The number of furan rings is 1. The molecule has 0 unspecified atom stereocenters. The van der Waals surface area contributed by atoms with E-state index in [4.69, 9.17) is 9.15 Å². The van der Waals surface area contributed by atoms with Gasteiger partial charge >= 0.3 is 0 Å². The molecule has 1 aliphatic rings. The largest absolute Gasteiger partial charge is 0.497 e. The lowest BCUT2D eigenvalue weighted by molar-refractivity contribution is -0.384. The van der Waals surface area contributed by atoms with Gasteiger partial charge in [0, 0.05) is 4.88 Å². The number of methoxy groups -OCH3 is 1. The van der Waals surface area contributed by atoms with E-state index in [2.05, 4.69) is 11.1 Å². The quantitative estimate of drug-likeness (QED) is 0.319. The Kier molecular flexibility index (Phi) is 5.14. The highest BCUT2D eigenvalue weighted by molar-refractivity contribution is 7.16. The van der Waals surface area contributed by atoms with Crippen molar-refractivity contribution in [1.29, 1.82) is 5.26 Å². The number of fused-ring (bicyclic) bond motifs is 1. The van der Waals surface area contributed by atoms with E-state index in [1.165, 1.54) is 18.1 Å². The van der Waals surface area contributed by atoms with Crippen LogP contribution in [-0.2, 0) is 12.8 Å². The summed E-state index contributed by atoms with van der Waals surface area (Å²) >= 11 is 1.55. The maximum absolute atomic E-state index is 11.4. The number of nitriles is 1. The highest BCUT2D eigenvalue weighted by Gasteiger charge is 2.21.